The Morgan fingerprint density at radius 2 is 2.00 bits per heavy atom. The van der Waals surface area contributed by atoms with Crippen LogP contribution in [-0.4, -0.2) is 22.8 Å². The van der Waals surface area contributed by atoms with E-state index in [1.807, 2.05) is 11.8 Å². The zero-order valence-electron chi connectivity index (χ0n) is 6.22. The fraction of sp³-hybridized carbons (Fsp3) is 0.857. The Bertz CT molecular complexity index is 141. The second-order valence-electron chi connectivity index (χ2n) is 2.82. The third kappa shape index (κ3) is 1.52. The zero-order chi connectivity index (χ0) is 7.61. The number of ketones is 1. The Morgan fingerprint density at radius 1 is 1.50 bits per heavy atom. The molecule has 0 amide bonds. The van der Waals surface area contributed by atoms with Crippen molar-refractivity contribution in [3.05, 3.63) is 0 Å². The molecule has 1 saturated heterocycles. The fourth-order valence-corrected chi connectivity index (χ4v) is 2.31. The lowest BCUT2D eigenvalue weighted by molar-refractivity contribution is -0.122. The monoisotopic (exact) mass is 159 g/mol. The molecule has 1 aliphatic rings. The van der Waals surface area contributed by atoms with Crippen LogP contribution in [-0.2, 0) is 4.79 Å². The largest absolute Gasteiger partial charge is 0.319 e. The molecule has 0 aromatic rings. The maximum absolute atomic E-state index is 11.0. The van der Waals surface area contributed by atoms with Crippen molar-refractivity contribution >= 4 is 17.5 Å². The van der Waals surface area contributed by atoms with Crippen molar-refractivity contribution in [1.29, 1.82) is 0 Å². The summed E-state index contributed by atoms with van der Waals surface area (Å²) >= 11 is 1.88. The van der Waals surface area contributed by atoms with Gasteiger partial charge in [0.05, 0.1) is 5.54 Å². The average molecular weight is 159 g/mol. The molecule has 0 unspecified atom stereocenters. The van der Waals surface area contributed by atoms with E-state index in [4.69, 9.17) is 5.73 Å². The molecule has 0 aromatic carbocycles. The lowest BCUT2D eigenvalue weighted by Gasteiger charge is -2.30. The minimum absolute atomic E-state index is 0.146. The Balaban J connectivity index is 2.56. The highest BCUT2D eigenvalue weighted by molar-refractivity contribution is 7.99. The number of hydrogen-bond acceptors (Lipinski definition) is 3. The third-order valence-corrected chi connectivity index (χ3v) is 3.07. The van der Waals surface area contributed by atoms with Crippen molar-refractivity contribution in [2.45, 2.75) is 25.3 Å². The molecule has 1 heterocycles. The number of hydrogen-bond donors (Lipinski definition) is 1. The number of carbonyl (C=O) groups excluding carboxylic acids is 1. The van der Waals surface area contributed by atoms with E-state index >= 15 is 0 Å². The Morgan fingerprint density at radius 3 is 2.30 bits per heavy atom. The van der Waals surface area contributed by atoms with Crippen molar-refractivity contribution in [2.24, 2.45) is 5.73 Å². The SMILES string of the molecule is CC(=O)C1(N)CCSCC1. The first-order valence-electron chi connectivity index (χ1n) is 3.53. The van der Waals surface area contributed by atoms with Crippen LogP contribution in [0.4, 0.5) is 0 Å². The molecule has 1 rings (SSSR count). The summed E-state index contributed by atoms with van der Waals surface area (Å²) in [5.41, 5.74) is 5.36. The molecule has 0 aliphatic carbocycles. The van der Waals surface area contributed by atoms with Gasteiger partial charge in [0.2, 0.25) is 0 Å². The molecule has 10 heavy (non-hydrogen) atoms. The maximum atomic E-state index is 11.0. The van der Waals surface area contributed by atoms with Gasteiger partial charge in [-0.25, -0.2) is 0 Å². The molecule has 0 bridgehead atoms. The van der Waals surface area contributed by atoms with Gasteiger partial charge in [-0.2, -0.15) is 11.8 Å². The van der Waals surface area contributed by atoms with Crippen molar-refractivity contribution < 1.29 is 4.79 Å². The maximum Gasteiger partial charge on any atom is 0.149 e. The van der Waals surface area contributed by atoms with Gasteiger partial charge in [-0.3, -0.25) is 4.79 Å². The van der Waals surface area contributed by atoms with Crippen LogP contribution in [0.3, 0.4) is 0 Å². The van der Waals surface area contributed by atoms with Crippen LogP contribution < -0.4 is 5.73 Å². The van der Waals surface area contributed by atoms with E-state index in [1.54, 1.807) is 6.92 Å². The summed E-state index contributed by atoms with van der Waals surface area (Å²) in [6.07, 6.45) is 1.71. The van der Waals surface area contributed by atoms with E-state index in [-0.39, 0.29) is 5.78 Å². The standard InChI is InChI=1S/C7H13NOS/c1-6(9)7(8)2-4-10-5-3-7/h2-5,8H2,1H3. The lowest BCUT2D eigenvalue weighted by atomic mass is 9.90. The predicted molar refractivity (Wildman–Crippen MR) is 44.2 cm³/mol. The fourth-order valence-electron chi connectivity index (χ4n) is 1.09. The highest BCUT2D eigenvalue weighted by Crippen LogP contribution is 2.25. The van der Waals surface area contributed by atoms with Crippen LogP contribution in [0, 0.1) is 0 Å². The Hall–Kier alpha value is -0.0200. The van der Waals surface area contributed by atoms with E-state index in [1.165, 1.54) is 0 Å². The van der Waals surface area contributed by atoms with Crippen LogP contribution >= 0.6 is 11.8 Å². The Labute approximate surface area is 65.5 Å². The summed E-state index contributed by atoms with van der Waals surface area (Å²) in [6.45, 7) is 1.59. The van der Waals surface area contributed by atoms with E-state index in [2.05, 4.69) is 0 Å². The van der Waals surface area contributed by atoms with Gasteiger partial charge in [0.25, 0.3) is 0 Å². The number of nitrogens with two attached hydrogens (primary N) is 1. The summed E-state index contributed by atoms with van der Waals surface area (Å²) in [5, 5.41) is 0. The molecule has 2 nitrogen and oxygen atoms in total. The highest BCUT2D eigenvalue weighted by Gasteiger charge is 2.31. The quantitative estimate of drug-likeness (QED) is 0.615. The molecular formula is C7H13NOS. The van der Waals surface area contributed by atoms with E-state index in [9.17, 15) is 4.79 Å². The topological polar surface area (TPSA) is 43.1 Å². The van der Waals surface area contributed by atoms with Gasteiger partial charge in [0, 0.05) is 0 Å². The van der Waals surface area contributed by atoms with Crippen molar-refractivity contribution in [3.63, 3.8) is 0 Å². The first-order valence-corrected chi connectivity index (χ1v) is 4.68. The number of rotatable bonds is 1. The second kappa shape index (κ2) is 2.93. The minimum Gasteiger partial charge on any atom is -0.319 e. The van der Waals surface area contributed by atoms with Crippen molar-refractivity contribution in [1.82, 2.24) is 0 Å². The van der Waals surface area contributed by atoms with Crippen molar-refractivity contribution in [3.8, 4) is 0 Å². The average Bonchev–Trinajstić information content (AvgIpc) is 1.89. The molecule has 0 aromatic heterocycles. The molecule has 0 spiro atoms. The summed E-state index contributed by atoms with van der Waals surface area (Å²) in [5.74, 6) is 2.22. The van der Waals surface area contributed by atoms with Gasteiger partial charge in [-0.1, -0.05) is 0 Å². The van der Waals surface area contributed by atoms with Gasteiger partial charge in [-0.15, -0.1) is 0 Å². The van der Waals surface area contributed by atoms with Gasteiger partial charge in [0.1, 0.15) is 5.78 Å². The van der Waals surface area contributed by atoms with Crippen LogP contribution in [0.25, 0.3) is 0 Å². The van der Waals surface area contributed by atoms with Crippen molar-refractivity contribution in [2.75, 3.05) is 11.5 Å². The summed E-state index contributed by atoms with van der Waals surface area (Å²) in [6, 6.07) is 0. The predicted octanol–water partition coefficient (Wildman–Crippen LogP) is 0.800. The van der Waals surface area contributed by atoms with E-state index in [0.717, 1.165) is 24.3 Å². The second-order valence-corrected chi connectivity index (χ2v) is 4.05. The summed E-state index contributed by atoms with van der Waals surface area (Å²) in [4.78, 5) is 11.0. The van der Waals surface area contributed by atoms with Crippen LogP contribution in [0.2, 0.25) is 0 Å². The Kier molecular flexibility index (Phi) is 2.36. The van der Waals surface area contributed by atoms with E-state index < -0.39 is 5.54 Å². The lowest BCUT2D eigenvalue weighted by Crippen LogP contribution is -2.49. The molecule has 1 fully saturated rings. The van der Waals surface area contributed by atoms with Crippen LogP contribution in [0.5, 0.6) is 0 Å². The third-order valence-electron chi connectivity index (χ3n) is 2.09. The molecular weight excluding hydrogens is 146 g/mol. The van der Waals surface area contributed by atoms with Gasteiger partial charge in [0.15, 0.2) is 0 Å². The first kappa shape index (κ1) is 8.08. The summed E-state index contributed by atoms with van der Waals surface area (Å²) < 4.78 is 0. The molecule has 3 heteroatoms. The molecule has 2 N–H and O–H groups in total. The van der Waals surface area contributed by atoms with Crippen LogP contribution in [0.15, 0.2) is 0 Å². The molecule has 1 aliphatic heterocycles. The van der Waals surface area contributed by atoms with Gasteiger partial charge < -0.3 is 5.73 Å². The van der Waals surface area contributed by atoms with Gasteiger partial charge in [-0.05, 0) is 31.3 Å². The number of thioether (sulfide) groups is 1. The minimum atomic E-state index is -0.481. The number of Topliss-reactive ketones (excluding diaryl/α,β-unsaturated/α-hetero) is 1. The molecule has 0 atom stereocenters. The summed E-state index contributed by atoms with van der Waals surface area (Å²) in [7, 11) is 0. The number of carbonyl (C=O) groups is 1. The zero-order valence-corrected chi connectivity index (χ0v) is 7.04. The first-order chi connectivity index (χ1) is 4.65. The van der Waals surface area contributed by atoms with Crippen LogP contribution in [0.1, 0.15) is 19.8 Å². The smallest absolute Gasteiger partial charge is 0.149 e. The molecule has 0 radical (unpaired) electrons. The normalized spacial score (nSPS) is 24.2. The molecule has 0 saturated carbocycles. The van der Waals surface area contributed by atoms with E-state index in [0.29, 0.717) is 0 Å². The highest BCUT2D eigenvalue weighted by atomic mass is 32.2. The molecule has 58 valence electrons. The van der Waals surface area contributed by atoms with Gasteiger partial charge >= 0.3 is 0 Å².